The number of hydrogen-bond acceptors (Lipinski definition) is 3. The van der Waals surface area contributed by atoms with Gasteiger partial charge in [-0.25, -0.2) is 4.98 Å². The molecule has 0 aromatic carbocycles. The second-order valence-electron chi connectivity index (χ2n) is 5.01. The molecule has 1 aromatic heterocycles. The van der Waals surface area contributed by atoms with Crippen LogP contribution < -0.4 is 10.6 Å². The molecule has 2 heterocycles. The predicted octanol–water partition coefficient (Wildman–Crippen LogP) is 2.20. The Morgan fingerprint density at radius 3 is 2.94 bits per heavy atom. The van der Waals surface area contributed by atoms with Gasteiger partial charge in [0.05, 0.1) is 0 Å². The molecule has 2 rings (SSSR count). The highest BCUT2D eigenvalue weighted by Gasteiger charge is 2.25. The van der Waals surface area contributed by atoms with Crippen molar-refractivity contribution in [3.63, 3.8) is 0 Å². The molecule has 3 nitrogen and oxygen atoms in total. The first kappa shape index (κ1) is 12.3. The van der Waals surface area contributed by atoms with Gasteiger partial charge in [0.1, 0.15) is 10.8 Å². The Balaban J connectivity index is 2.13. The molecule has 0 aliphatic carbocycles. The molecule has 1 saturated heterocycles. The molecule has 1 fully saturated rings. The number of hydrogen-bond donors (Lipinski definition) is 1. The van der Waals surface area contributed by atoms with Crippen LogP contribution in [-0.4, -0.2) is 23.1 Å². The van der Waals surface area contributed by atoms with Crippen molar-refractivity contribution in [1.29, 1.82) is 0 Å². The van der Waals surface area contributed by atoms with Crippen LogP contribution in [0, 0.1) is 11.8 Å². The number of anilines is 1. The third kappa shape index (κ3) is 2.75. The highest BCUT2D eigenvalue weighted by atomic mass is 32.1. The highest BCUT2D eigenvalue weighted by molar-refractivity contribution is 7.80. The van der Waals surface area contributed by atoms with Crippen molar-refractivity contribution in [3.05, 3.63) is 23.9 Å². The van der Waals surface area contributed by atoms with E-state index in [0.717, 1.165) is 36.3 Å². The summed E-state index contributed by atoms with van der Waals surface area (Å²) >= 11 is 4.99. The third-order valence-corrected chi connectivity index (χ3v) is 3.76. The van der Waals surface area contributed by atoms with Gasteiger partial charge in [0.2, 0.25) is 0 Å². The van der Waals surface area contributed by atoms with Crippen LogP contribution in [0.4, 0.5) is 5.82 Å². The van der Waals surface area contributed by atoms with Gasteiger partial charge in [-0.1, -0.05) is 26.1 Å². The van der Waals surface area contributed by atoms with E-state index in [1.165, 1.54) is 6.42 Å². The second kappa shape index (κ2) is 5.00. The quantitative estimate of drug-likeness (QED) is 0.834. The lowest BCUT2D eigenvalue weighted by Gasteiger charge is -2.19. The molecule has 0 spiro atoms. The number of aromatic nitrogens is 1. The molecule has 0 bridgehead atoms. The molecule has 1 atom stereocenters. The van der Waals surface area contributed by atoms with Crippen LogP contribution in [-0.2, 0) is 0 Å². The summed E-state index contributed by atoms with van der Waals surface area (Å²) in [7, 11) is 0. The Hall–Kier alpha value is -1.16. The van der Waals surface area contributed by atoms with E-state index in [4.69, 9.17) is 18.0 Å². The third-order valence-electron chi connectivity index (χ3n) is 3.52. The van der Waals surface area contributed by atoms with E-state index < -0.39 is 0 Å². The van der Waals surface area contributed by atoms with E-state index in [1.807, 2.05) is 12.1 Å². The molecule has 1 aliphatic rings. The summed E-state index contributed by atoms with van der Waals surface area (Å²) in [5, 5.41) is 0. The summed E-state index contributed by atoms with van der Waals surface area (Å²) in [6.07, 6.45) is 3.03. The minimum absolute atomic E-state index is 0.438. The summed E-state index contributed by atoms with van der Waals surface area (Å²) in [5.41, 5.74) is 6.54. The lowest BCUT2D eigenvalue weighted by molar-refractivity contribution is 0.422. The summed E-state index contributed by atoms with van der Waals surface area (Å²) in [5.74, 6) is 2.50. The van der Waals surface area contributed by atoms with Crippen molar-refractivity contribution in [2.75, 3.05) is 18.0 Å². The maximum atomic E-state index is 5.64. The molecule has 4 heteroatoms. The van der Waals surface area contributed by atoms with Crippen molar-refractivity contribution in [2.45, 2.75) is 20.3 Å². The van der Waals surface area contributed by atoms with Crippen molar-refractivity contribution in [3.8, 4) is 0 Å². The van der Waals surface area contributed by atoms with Crippen molar-refractivity contribution in [2.24, 2.45) is 17.6 Å². The highest BCUT2D eigenvalue weighted by Crippen LogP contribution is 2.27. The molecule has 1 aromatic rings. The van der Waals surface area contributed by atoms with Gasteiger partial charge in [0.15, 0.2) is 0 Å². The Bertz CT molecular complexity index is 417. The minimum atomic E-state index is 0.438. The zero-order valence-electron chi connectivity index (χ0n) is 10.4. The smallest absolute Gasteiger partial charge is 0.129 e. The van der Waals surface area contributed by atoms with E-state index in [9.17, 15) is 0 Å². The number of nitrogens with two attached hydrogens (primary N) is 1. The van der Waals surface area contributed by atoms with Gasteiger partial charge in [-0.3, -0.25) is 0 Å². The van der Waals surface area contributed by atoms with Gasteiger partial charge >= 0.3 is 0 Å². The zero-order chi connectivity index (χ0) is 12.4. The minimum Gasteiger partial charge on any atom is -0.389 e. The average Bonchev–Trinajstić information content (AvgIpc) is 2.78. The van der Waals surface area contributed by atoms with E-state index in [2.05, 4.69) is 23.7 Å². The van der Waals surface area contributed by atoms with Gasteiger partial charge in [0, 0.05) is 24.8 Å². The van der Waals surface area contributed by atoms with Crippen molar-refractivity contribution in [1.82, 2.24) is 4.98 Å². The SMILES string of the molecule is CC(C)C1CCN(c2cc(C(N)=S)ccn2)C1. The van der Waals surface area contributed by atoms with E-state index in [0.29, 0.717) is 4.99 Å². The normalized spacial score (nSPS) is 19.9. The Morgan fingerprint density at radius 1 is 1.59 bits per heavy atom. The fraction of sp³-hybridized carbons (Fsp3) is 0.538. The van der Waals surface area contributed by atoms with Crippen LogP contribution >= 0.6 is 12.2 Å². The fourth-order valence-electron chi connectivity index (χ4n) is 2.28. The van der Waals surface area contributed by atoms with Crippen LogP contribution in [0.2, 0.25) is 0 Å². The van der Waals surface area contributed by atoms with E-state index in [-0.39, 0.29) is 0 Å². The Kier molecular flexibility index (Phi) is 3.62. The molecule has 2 N–H and O–H groups in total. The summed E-state index contributed by atoms with van der Waals surface area (Å²) in [4.78, 5) is 7.17. The lowest BCUT2D eigenvalue weighted by atomic mass is 9.95. The Morgan fingerprint density at radius 2 is 2.35 bits per heavy atom. The summed E-state index contributed by atoms with van der Waals surface area (Å²) < 4.78 is 0. The predicted molar refractivity (Wildman–Crippen MR) is 75.3 cm³/mol. The first-order valence-corrected chi connectivity index (χ1v) is 6.49. The first-order chi connectivity index (χ1) is 8.08. The fourth-order valence-corrected chi connectivity index (χ4v) is 2.41. The van der Waals surface area contributed by atoms with E-state index in [1.54, 1.807) is 6.20 Å². The molecular formula is C13H19N3S. The summed E-state index contributed by atoms with van der Waals surface area (Å²) in [6, 6.07) is 3.85. The maximum absolute atomic E-state index is 5.64. The number of pyridine rings is 1. The Labute approximate surface area is 108 Å². The molecule has 0 radical (unpaired) electrons. The van der Waals surface area contributed by atoms with Crippen molar-refractivity contribution >= 4 is 23.0 Å². The van der Waals surface area contributed by atoms with Crippen LogP contribution in [0.3, 0.4) is 0 Å². The molecule has 0 saturated carbocycles. The monoisotopic (exact) mass is 249 g/mol. The average molecular weight is 249 g/mol. The maximum Gasteiger partial charge on any atom is 0.129 e. The molecule has 0 amide bonds. The lowest BCUT2D eigenvalue weighted by Crippen LogP contribution is -2.22. The largest absolute Gasteiger partial charge is 0.389 e. The van der Waals surface area contributed by atoms with Gasteiger partial charge in [-0.2, -0.15) is 0 Å². The molecular weight excluding hydrogens is 230 g/mol. The zero-order valence-corrected chi connectivity index (χ0v) is 11.2. The van der Waals surface area contributed by atoms with Crippen LogP contribution in [0.15, 0.2) is 18.3 Å². The standard InChI is InChI=1S/C13H19N3S/c1-9(2)11-4-6-16(8-11)12-7-10(13(14)17)3-5-15-12/h3,5,7,9,11H,4,6,8H2,1-2H3,(H2,14,17). The number of nitrogens with zero attached hydrogens (tertiary/aromatic N) is 2. The molecule has 1 aliphatic heterocycles. The summed E-state index contributed by atoms with van der Waals surface area (Å²) in [6.45, 7) is 6.74. The molecule has 92 valence electrons. The van der Waals surface area contributed by atoms with Gasteiger partial charge in [-0.05, 0) is 30.4 Å². The first-order valence-electron chi connectivity index (χ1n) is 6.08. The van der Waals surface area contributed by atoms with Gasteiger partial charge in [0.25, 0.3) is 0 Å². The van der Waals surface area contributed by atoms with Crippen LogP contribution in [0.1, 0.15) is 25.8 Å². The van der Waals surface area contributed by atoms with Gasteiger partial charge in [-0.15, -0.1) is 0 Å². The van der Waals surface area contributed by atoms with E-state index >= 15 is 0 Å². The van der Waals surface area contributed by atoms with Crippen LogP contribution in [0.25, 0.3) is 0 Å². The topological polar surface area (TPSA) is 42.1 Å². The molecule has 17 heavy (non-hydrogen) atoms. The second-order valence-corrected chi connectivity index (χ2v) is 5.45. The number of rotatable bonds is 3. The van der Waals surface area contributed by atoms with Crippen molar-refractivity contribution < 1.29 is 0 Å². The molecule has 1 unspecified atom stereocenters. The number of thiocarbonyl (C=S) groups is 1. The van der Waals surface area contributed by atoms with Gasteiger partial charge < -0.3 is 10.6 Å². The van der Waals surface area contributed by atoms with Crippen LogP contribution in [0.5, 0.6) is 0 Å².